The zero-order valence-electron chi connectivity index (χ0n) is 24.8. The summed E-state index contributed by atoms with van der Waals surface area (Å²) in [5.74, 6) is 1.97. The van der Waals surface area contributed by atoms with E-state index in [2.05, 4.69) is 164 Å². The van der Waals surface area contributed by atoms with E-state index < -0.39 is 0 Å². The highest BCUT2D eigenvalue weighted by Gasteiger charge is 2.15. The molecule has 0 saturated carbocycles. The molecule has 0 N–H and O–H groups in total. The summed E-state index contributed by atoms with van der Waals surface area (Å²) in [6, 6.07) is 34.0. The highest BCUT2D eigenvalue weighted by molar-refractivity contribution is 9.10. The van der Waals surface area contributed by atoms with Crippen molar-refractivity contribution in [3.05, 3.63) is 134 Å². The van der Waals surface area contributed by atoms with Gasteiger partial charge in [-0.25, -0.2) is 15.0 Å². The van der Waals surface area contributed by atoms with E-state index in [9.17, 15) is 0 Å². The summed E-state index contributed by atoms with van der Waals surface area (Å²) >= 11 is 7.24. The molecule has 0 aliphatic rings. The molecule has 0 atom stereocenters. The number of aryl methyl sites for hydroxylation is 5. The minimum atomic E-state index is 0.653. The Labute approximate surface area is 270 Å². The third-order valence-corrected chi connectivity index (χ3v) is 8.72. The fourth-order valence-corrected chi connectivity index (χ4v) is 7.14. The predicted molar refractivity (Wildman–Crippen MR) is 186 cm³/mol. The van der Waals surface area contributed by atoms with Crippen molar-refractivity contribution < 1.29 is 0 Å². The first kappa shape index (κ1) is 29.2. The number of halogens is 2. The van der Waals surface area contributed by atoms with Crippen LogP contribution in [-0.4, -0.2) is 15.0 Å². The maximum absolute atomic E-state index is 4.98. The average Bonchev–Trinajstić information content (AvgIpc) is 2.97. The molecule has 0 saturated heterocycles. The summed E-state index contributed by atoms with van der Waals surface area (Å²) in [5, 5.41) is 0. The van der Waals surface area contributed by atoms with Crippen LogP contribution < -0.4 is 0 Å². The molecule has 0 amide bonds. The fourth-order valence-electron chi connectivity index (χ4n) is 5.77. The number of nitrogens with zero attached hydrogens (tertiary/aromatic N) is 3. The predicted octanol–water partition coefficient (Wildman–Crippen LogP) is 11.3. The van der Waals surface area contributed by atoms with Crippen LogP contribution in [0.15, 0.2) is 106 Å². The molecular formula is C38H31Br2N3. The first-order chi connectivity index (χ1) is 20.7. The molecule has 6 aromatic rings. The Balaban J connectivity index is 1.42. The minimum Gasteiger partial charge on any atom is -0.208 e. The van der Waals surface area contributed by atoms with Crippen LogP contribution in [0.4, 0.5) is 0 Å². The zero-order chi connectivity index (χ0) is 30.2. The Bertz CT molecular complexity index is 1790. The van der Waals surface area contributed by atoms with Gasteiger partial charge in [0.05, 0.1) is 0 Å². The van der Waals surface area contributed by atoms with Gasteiger partial charge in [-0.15, -0.1) is 0 Å². The third kappa shape index (κ3) is 6.11. The van der Waals surface area contributed by atoms with E-state index in [0.29, 0.717) is 17.5 Å². The minimum absolute atomic E-state index is 0.653. The first-order valence-electron chi connectivity index (χ1n) is 14.2. The lowest BCUT2D eigenvalue weighted by atomic mass is 9.95. The topological polar surface area (TPSA) is 38.7 Å². The fraction of sp³-hybridized carbons (Fsp3) is 0.132. The summed E-state index contributed by atoms with van der Waals surface area (Å²) < 4.78 is 2.19. The molecule has 43 heavy (non-hydrogen) atoms. The lowest BCUT2D eigenvalue weighted by molar-refractivity contribution is 1.07. The highest BCUT2D eigenvalue weighted by Crippen LogP contribution is 2.34. The van der Waals surface area contributed by atoms with Crippen molar-refractivity contribution in [3.63, 3.8) is 0 Å². The Kier molecular flexibility index (Phi) is 8.13. The molecule has 0 aliphatic heterocycles. The van der Waals surface area contributed by atoms with Gasteiger partial charge in [-0.2, -0.15) is 0 Å². The number of aromatic nitrogens is 3. The molecule has 0 radical (unpaired) electrons. The molecule has 5 aromatic carbocycles. The largest absolute Gasteiger partial charge is 0.208 e. The smallest absolute Gasteiger partial charge is 0.164 e. The van der Waals surface area contributed by atoms with Crippen molar-refractivity contribution >= 4 is 31.9 Å². The monoisotopic (exact) mass is 687 g/mol. The molecule has 6 rings (SSSR count). The molecule has 0 aliphatic carbocycles. The molecule has 0 unspecified atom stereocenters. The van der Waals surface area contributed by atoms with Gasteiger partial charge < -0.3 is 0 Å². The Morgan fingerprint density at radius 3 is 0.930 bits per heavy atom. The zero-order valence-corrected chi connectivity index (χ0v) is 28.0. The third-order valence-electron chi connectivity index (χ3n) is 7.80. The van der Waals surface area contributed by atoms with E-state index >= 15 is 0 Å². The molecule has 0 spiro atoms. The van der Waals surface area contributed by atoms with Gasteiger partial charge in [-0.05, 0) is 103 Å². The van der Waals surface area contributed by atoms with Crippen LogP contribution in [0, 0.1) is 34.6 Å². The number of hydrogen-bond acceptors (Lipinski definition) is 3. The first-order valence-corrected chi connectivity index (χ1v) is 15.8. The summed E-state index contributed by atoms with van der Waals surface area (Å²) in [5.41, 5.74) is 13.9. The summed E-state index contributed by atoms with van der Waals surface area (Å²) in [4.78, 5) is 14.9. The second-order valence-electron chi connectivity index (χ2n) is 11.2. The second kappa shape index (κ2) is 12.0. The summed E-state index contributed by atoms with van der Waals surface area (Å²) in [6.45, 7) is 10.7. The normalized spacial score (nSPS) is 11.1. The Morgan fingerprint density at radius 2 is 0.628 bits per heavy atom. The van der Waals surface area contributed by atoms with Gasteiger partial charge in [0.15, 0.2) is 17.5 Å². The maximum Gasteiger partial charge on any atom is 0.164 e. The lowest BCUT2D eigenvalue weighted by Crippen LogP contribution is -2.00. The van der Waals surface area contributed by atoms with Crippen LogP contribution in [0.3, 0.4) is 0 Å². The number of benzene rings is 5. The van der Waals surface area contributed by atoms with Gasteiger partial charge in [0.25, 0.3) is 0 Å². The molecule has 1 aromatic heterocycles. The van der Waals surface area contributed by atoms with Gasteiger partial charge in [0, 0.05) is 25.6 Å². The van der Waals surface area contributed by atoms with Gasteiger partial charge in [-0.3, -0.25) is 0 Å². The molecule has 3 nitrogen and oxygen atoms in total. The molecule has 1 heterocycles. The maximum atomic E-state index is 4.98. The Hall–Kier alpha value is -3.93. The van der Waals surface area contributed by atoms with Crippen molar-refractivity contribution in [3.8, 4) is 56.4 Å². The molecule has 5 heteroatoms. The van der Waals surface area contributed by atoms with Crippen LogP contribution >= 0.6 is 31.9 Å². The quantitative estimate of drug-likeness (QED) is 0.181. The van der Waals surface area contributed by atoms with E-state index in [-0.39, 0.29) is 0 Å². The van der Waals surface area contributed by atoms with Gasteiger partial charge in [0.1, 0.15) is 0 Å². The van der Waals surface area contributed by atoms with Crippen LogP contribution in [0.1, 0.15) is 27.8 Å². The van der Waals surface area contributed by atoms with E-state index in [1.54, 1.807) is 0 Å². The van der Waals surface area contributed by atoms with Gasteiger partial charge in [0.2, 0.25) is 0 Å². The van der Waals surface area contributed by atoms with Crippen molar-refractivity contribution in [1.82, 2.24) is 15.0 Å². The second-order valence-corrected chi connectivity index (χ2v) is 13.0. The van der Waals surface area contributed by atoms with Crippen molar-refractivity contribution in [2.45, 2.75) is 34.6 Å². The Morgan fingerprint density at radius 1 is 0.372 bits per heavy atom. The van der Waals surface area contributed by atoms with Crippen LogP contribution in [0.2, 0.25) is 0 Å². The van der Waals surface area contributed by atoms with Crippen molar-refractivity contribution in [2.24, 2.45) is 0 Å². The van der Waals surface area contributed by atoms with Crippen LogP contribution in [0.25, 0.3) is 56.4 Å². The van der Waals surface area contributed by atoms with Crippen LogP contribution in [-0.2, 0) is 0 Å². The van der Waals surface area contributed by atoms with E-state index in [4.69, 9.17) is 15.0 Å². The number of hydrogen-bond donors (Lipinski definition) is 0. The van der Waals surface area contributed by atoms with Crippen molar-refractivity contribution in [1.29, 1.82) is 0 Å². The molecule has 0 fully saturated rings. The average molecular weight is 689 g/mol. The van der Waals surface area contributed by atoms with Gasteiger partial charge >= 0.3 is 0 Å². The van der Waals surface area contributed by atoms with Gasteiger partial charge in [-0.1, -0.05) is 110 Å². The summed E-state index contributed by atoms with van der Waals surface area (Å²) in [7, 11) is 0. The summed E-state index contributed by atoms with van der Waals surface area (Å²) in [6.07, 6.45) is 0. The number of rotatable bonds is 5. The van der Waals surface area contributed by atoms with E-state index in [1.165, 1.54) is 50.1 Å². The van der Waals surface area contributed by atoms with E-state index in [1.807, 2.05) is 0 Å². The highest BCUT2D eigenvalue weighted by atomic mass is 79.9. The molecule has 212 valence electrons. The standard InChI is InChI=1S/C38H31Br2N3/c1-22-6-8-29(9-7-22)36-41-37(30-14-10-27(11-15-30)34-23(2)18-32(39)19-24(34)3)43-38(42-36)31-16-12-28(13-17-31)35-25(4)20-33(40)21-26(35)5/h6-21H,1-5H3. The molecular weight excluding hydrogens is 658 g/mol. The lowest BCUT2D eigenvalue weighted by Gasteiger charge is -2.13. The van der Waals surface area contributed by atoms with Crippen LogP contribution in [0.5, 0.6) is 0 Å². The van der Waals surface area contributed by atoms with E-state index in [0.717, 1.165) is 25.6 Å². The SMILES string of the molecule is Cc1ccc(-c2nc(-c3ccc(-c4c(C)cc(Br)cc4C)cc3)nc(-c3ccc(-c4c(C)cc(Br)cc4C)cc3)n2)cc1. The van der Waals surface area contributed by atoms with Crippen molar-refractivity contribution in [2.75, 3.05) is 0 Å². The molecule has 0 bridgehead atoms.